The molecular weight excluding hydrogens is 998 g/mol. The highest BCUT2D eigenvalue weighted by Gasteiger charge is 2.30. The zero-order valence-corrected chi connectivity index (χ0v) is 43.9. The van der Waals surface area contributed by atoms with Gasteiger partial charge in [0.25, 0.3) is 0 Å². The summed E-state index contributed by atoms with van der Waals surface area (Å²) in [6.07, 6.45) is 0. The van der Waals surface area contributed by atoms with Crippen molar-refractivity contribution in [3.63, 3.8) is 0 Å². The lowest BCUT2D eigenvalue weighted by molar-refractivity contribution is 0.590. The fourth-order valence-electron chi connectivity index (χ4n) is 9.73. The van der Waals surface area contributed by atoms with Crippen molar-refractivity contribution in [3.05, 3.63) is 175 Å². The molecule has 0 saturated carbocycles. The summed E-state index contributed by atoms with van der Waals surface area (Å²) in [6.45, 7) is 27.7. The third-order valence-corrected chi connectivity index (χ3v) is 15.7. The van der Waals surface area contributed by atoms with Gasteiger partial charge >= 0.3 is 0 Å². The standard InChI is InChI=1S/C62H60I2/c1-59(2,3)41-29-21-37(22-30-41)49-53-45-17-13-15-19-47(45)58(64)52(40-27-35-44(36-28-40)62(10,11)12)56(53)50(38-23-31-42(32-24-38)60(4,5)6)54-46-18-14-16-20-48(46)57(63)51(55(49)54)39-25-33-43(34-26-39)61(7,8)9/h13-36H,1-12H3. The van der Waals surface area contributed by atoms with Crippen molar-refractivity contribution >= 4 is 88.3 Å². The predicted octanol–water partition coefficient (Wildman–Crippen LogP) is 19.4. The van der Waals surface area contributed by atoms with Crippen LogP contribution in [-0.2, 0) is 21.7 Å². The van der Waals surface area contributed by atoms with Crippen molar-refractivity contribution in [2.75, 3.05) is 0 Å². The molecule has 0 aromatic heterocycles. The topological polar surface area (TPSA) is 0 Å². The Morgan fingerprint density at radius 3 is 0.703 bits per heavy atom. The molecule has 0 N–H and O–H groups in total. The maximum absolute atomic E-state index is 2.68. The van der Waals surface area contributed by atoms with Gasteiger partial charge in [-0.3, -0.25) is 0 Å². The van der Waals surface area contributed by atoms with Crippen LogP contribution >= 0.6 is 45.2 Å². The number of hydrogen-bond acceptors (Lipinski definition) is 0. The molecule has 322 valence electrons. The molecular formula is C62H60I2. The van der Waals surface area contributed by atoms with E-state index in [4.69, 9.17) is 0 Å². The average Bonchev–Trinajstić information content (AvgIpc) is 3.25. The first-order valence-corrected chi connectivity index (χ1v) is 25.0. The van der Waals surface area contributed by atoms with Crippen LogP contribution in [0.4, 0.5) is 0 Å². The highest BCUT2D eigenvalue weighted by molar-refractivity contribution is 14.1. The van der Waals surface area contributed by atoms with Crippen molar-refractivity contribution in [1.82, 2.24) is 0 Å². The lowest BCUT2D eigenvalue weighted by Gasteiger charge is -2.28. The molecule has 0 radical (unpaired) electrons. The summed E-state index contributed by atoms with van der Waals surface area (Å²) >= 11 is 5.36. The van der Waals surface area contributed by atoms with E-state index in [1.54, 1.807) is 0 Å². The molecule has 0 atom stereocenters. The summed E-state index contributed by atoms with van der Waals surface area (Å²) in [4.78, 5) is 0. The van der Waals surface area contributed by atoms with Crippen LogP contribution in [0.25, 0.3) is 87.6 Å². The number of fused-ring (bicyclic) bond motifs is 6. The van der Waals surface area contributed by atoms with Crippen LogP contribution in [0.1, 0.15) is 105 Å². The Kier molecular flexibility index (Phi) is 11.3. The smallest absolute Gasteiger partial charge is 0.0293 e. The fraction of sp³-hybridized carbons (Fsp3) is 0.258. The van der Waals surface area contributed by atoms with E-state index < -0.39 is 0 Å². The number of rotatable bonds is 4. The molecule has 0 bridgehead atoms. The Balaban J connectivity index is 1.62. The normalized spacial score (nSPS) is 12.8. The SMILES string of the molecule is CC(C)(C)c1ccc(-c2c(I)c3ccccc3c3c(-c4ccc(C(C)(C)C)cc4)c4c(-c5ccc(C(C)(C)C)cc5)c(I)c5ccccc5c4c(-c4ccc(C(C)(C)C)cc4)c23)cc1. The van der Waals surface area contributed by atoms with E-state index in [2.05, 4.69) is 274 Å². The van der Waals surface area contributed by atoms with Crippen LogP contribution in [0.5, 0.6) is 0 Å². The second-order valence-electron chi connectivity index (χ2n) is 22.0. The molecule has 0 saturated heterocycles. The molecule has 0 amide bonds. The van der Waals surface area contributed by atoms with Gasteiger partial charge in [0, 0.05) is 29.0 Å². The zero-order chi connectivity index (χ0) is 45.7. The minimum atomic E-state index is 0.0203. The maximum Gasteiger partial charge on any atom is 0.0293 e. The van der Waals surface area contributed by atoms with Crippen LogP contribution in [0.3, 0.4) is 0 Å². The molecule has 0 aliphatic heterocycles. The van der Waals surface area contributed by atoms with E-state index in [1.165, 1.54) is 117 Å². The quantitative estimate of drug-likeness (QED) is 0.0936. The van der Waals surface area contributed by atoms with Crippen molar-refractivity contribution in [2.24, 2.45) is 0 Å². The van der Waals surface area contributed by atoms with Crippen LogP contribution in [0.15, 0.2) is 146 Å². The molecule has 9 rings (SSSR count). The monoisotopic (exact) mass is 1060 g/mol. The van der Waals surface area contributed by atoms with Gasteiger partial charge in [0.1, 0.15) is 0 Å². The molecule has 9 aromatic rings. The lowest BCUT2D eigenvalue weighted by atomic mass is 9.76. The minimum Gasteiger partial charge on any atom is -0.0616 e. The Hall–Kier alpha value is -4.52. The van der Waals surface area contributed by atoms with E-state index in [0.717, 1.165) is 0 Å². The lowest BCUT2D eigenvalue weighted by Crippen LogP contribution is -2.11. The van der Waals surface area contributed by atoms with Gasteiger partial charge in [-0.05, 0) is 155 Å². The summed E-state index contributed by atoms with van der Waals surface area (Å²) in [7, 11) is 0. The van der Waals surface area contributed by atoms with Gasteiger partial charge in [0.05, 0.1) is 0 Å². The van der Waals surface area contributed by atoms with E-state index in [1.807, 2.05) is 0 Å². The molecule has 9 aromatic carbocycles. The molecule has 64 heavy (non-hydrogen) atoms. The maximum atomic E-state index is 2.68. The Morgan fingerprint density at radius 2 is 0.469 bits per heavy atom. The van der Waals surface area contributed by atoms with E-state index in [-0.39, 0.29) is 21.7 Å². The summed E-state index contributed by atoms with van der Waals surface area (Å²) in [5, 5.41) is 10.3. The van der Waals surface area contributed by atoms with Crippen LogP contribution in [0, 0.1) is 7.14 Å². The summed E-state index contributed by atoms with van der Waals surface area (Å²) in [5.74, 6) is 0. The van der Waals surface area contributed by atoms with Crippen molar-refractivity contribution in [3.8, 4) is 44.5 Å². The van der Waals surface area contributed by atoms with Gasteiger partial charge in [-0.25, -0.2) is 0 Å². The molecule has 0 unspecified atom stereocenters. The molecule has 0 spiro atoms. The third-order valence-electron chi connectivity index (χ3n) is 13.5. The summed E-state index contributed by atoms with van der Waals surface area (Å²) in [5.41, 5.74) is 15.6. The minimum absolute atomic E-state index is 0.0203. The third kappa shape index (κ3) is 7.78. The van der Waals surface area contributed by atoms with Gasteiger partial charge in [-0.15, -0.1) is 0 Å². The molecule has 0 nitrogen and oxygen atoms in total. The average molecular weight is 1060 g/mol. The highest BCUT2D eigenvalue weighted by Crippen LogP contribution is 2.56. The van der Waals surface area contributed by atoms with Gasteiger partial charge in [0.15, 0.2) is 0 Å². The van der Waals surface area contributed by atoms with E-state index in [0.29, 0.717) is 0 Å². The van der Waals surface area contributed by atoms with Crippen LogP contribution < -0.4 is 0 Å². The van der Waals surface area contributed by atoms with Gasteiger partial charge in [-0.2, -0.15) is 0 Å². The predicted molar refractivity (Wildman–Crippen MR) is 298 cm³/mol. The Labute approximate surface area is 409 Å². The number of benzene rings is 9. The second kappa shape index (κ2) is 16.1. The molecule has 0 aliphatic carbocycles. The molecule has 0 fully saturated rings. The first kappa shape index (κ1) is 44.7. The van der Waals surface area contributed by atoms with Crippen molar-refractivity contribution in [2.45, 2.75) is 105 Å². The van der Waals surface area contributed by atoms with Gasteiger partial charge < -0.3 is 0 Å². The van der Waals surface area contributed by atoms with E-state index in [9.17, 15) is 0 Å². The van der Waals surface area contributed by atoms with Gasteiger partial charge in [-0.1, -0.05) is 229 Å². The largest absolute Gasteiger partial charge is 0.0616 e. The first-order chi connectivity index (χ1) is 30.1. The van der Waals surface area contributed by atoms with Gasteiger partial charge in [0.2, 0.25) is 0 Å². The summed E-state index contributed by atoms with van der Waals surface area (Å²) in [6, 6.07) is 56.4. The van der Waals surface area contributed by atoms with E-state index >= 15 is 0 Å². The number of hydrogen-bond donors (Lipinski definition) is 0. The second-order valence-corrected chi connectivity index (χ2v) is 24.2. The van der Waals surface area contributed by atoms with Crippen LogP contribution in [0.2, 0.25) is 0 Å². The number of halogens is 2. The summed E-state index contributed by atoms with van der Waals surface area (Å²) < 4.78 is 2.55. The molecule has 0 heterocycles. The zero-order valence-electron chi connectivity index (χ0n) is 39.6. The first-order valence-electron chi connectivity index (χ1n) is 22.8. The molecule has 0 aliphatic rings. The van der Waals surface area contributed by atoms with Crippen molar-refractivity contribution in [1.29, 1.82) is 0 Å². The Morgan fingerprint density at radius 1 is 0.250 bits per heavy atom. The van der Waals surface area contributed by atoms with Crippen molar-refractivity contribution < 1.29 is 0 Å². The highest BCUT2D eigenvalue weighted by atomic mass is 127. The van der Waals surface area contributed by atoms with Crippen LogP contribution in [-0.4, -0.2) is 0 Å². The fourth-order valence-corrected chi connectivity index (χ4v) is 11.8. The molecule has 2 heteroatoms. The Bertz CT molecular complexity index is 3020.